The van der Waals surface area contributed by atoms with Crippen molar-refractivity contribution in [1.29, 1.82) is 0 Å². The van der Waals surface area contributed by atoms with Gasteiger partial charge in [-0.25, -0.2) is 12.4 Å². The number of carbonyl (C=O) groups excluding carboxylic acids is 2. The second kappa shape index (κ2) is 6.27. The maximum Gasteiger partial charge on any atom is 0.268 e. The van der Waals surface area contributed by atoms with Crippen LogP contribution in [0.2, 0.25) is 0 Å². The van der Waals surface area contributed by atoms with E-state index < -0.39 is 15.9 Å². The van der Waals surface area contributed by atoms with E-state index in [1.54, 1.807) is 78.9 Å². The van der Waals surface area contributed by atoms with Crippen molar-refractivity contribution in [3.05, 3.63) is 90.0 Å². The molecule has 5 aromatic rings. The van der Waals surface area contributed by atoms with Crippen LogP contribution in [0.3, 0.4) is 0 Å². The number of fused-ring (bicyclic) bond motifs is 8. The Labute approximate surface area is 183 Å². The number of hydrogen-bond donors (Lipinski definition) is 0. The second-order valence-corrected chi connectivity index (χ2v) is 9.57. The number of rotatable bonds is 2. The number of imide groups is 1. The van der Waals surface area contributed by atoms with Gasteiger partial charge in [0.2, 0.25) is 0 Å². The Balaban J connectivity index is 1.94. The Morgan fingerprint density at radius 3 is 1.94 bits per heavy atom. The molecule has 0 saturated carbocycles. The van der Waals surface area contributed by atoms with Crippen LogP contribution in [0.1, 0.15) is 20.7 Å². The van der Waals surface area contributed by atoms with Crippen molar-refractivity contribution in [2.75, 3.05) is 7.05 Å². The molecule has 6 nitrogen and oxygen atoms in total. The van der Waals surface area contributed by atoms with Crippen molar-refractivity contribution in [2.45, 2.75) is 4.90 Å². The summed E-state index contributed by atoms with van der Waals surface area (Å²) >= 11 is 0. The van der Waals surface area contributed by atoms with Crippen LogP contribution in [-0.4, -0.2) is 36.2 Å². The molecule has 0 saturated heterocycles. The minimum Gasteiger partial charge on any atom is -0.277 e. The van der Waals surface area contributed by atoms with Gasteiger partial charge in [0.25, 0.3) is 21.8 Å². The zero-order valence-electron chi connectivity index (χ0n) is 16.9. The first-order valence-corrected chi connectivity index (χ1v) is 11.5. The van der Waals surface area contributed by atoms with E-state index in [1.807, 2.05) is 0 Å². The van der Waals surface area contributed by atoms with Crippen molar-refractivity contribution in [2.24, 2.45) is 0 Å². The summed E-state index contributed by atoms with van der Waals surface area (Å²) in [7, 11) is -2.55. The van der Waals surface area contributed by atoms with Crippen molar-refractivity contribution >= 4 is 54.4 Å². The van der Waals surface area contributed by atoms with Gasteiger partial charge in [-0.1, -0.05) is 60.7 Å². The maximum absolute atomic E-state index is 13.9. The van der Waals surface area contributed by atoms with Gasteiger partial charge in [-0.05, 0) is 23.6 Å². The monoisotopic (exact) mass is 440 g/mol. The lowest BCUT2D eigenvalue weighted by Gasteiger charge is -2.12. The molecule has 32 heavy (non-hydrogen) atoms. The van der Waals surface area contributed by atoms with Gasteiger partial charge < -0.3 is 0 Å². The Morgan fingerprint density at radius 2 is 1.22 bits per heavy atom. The van der Waals surface area contributed by atoms with Crippen molar-refractivity contribution in [1.82, 2.24) is 8.87 Å². The fraction of sp³-hybridized carbons (Fsp3) is 0.0400. The van der Waals surface area contributed by atoms with E-state index in [2.05, 4.69) is 0 Å². The van der Waals surface area contributed by atoms with Gasteiger partial charge in [-0.3, -0.25) is 14.5 Å². The summed E-state index contributed by atoms with van der Waals surface area (Å²) in [5.41, 5.74) is 1.44. The van der Waals surface area contributed by atoms with E-state index >= 15 is 0 Å². The third-order valence-corrected chi connectivity index (χ3v) is 7.83. The van der Waals surface area contributed by atoms with E-state index in [-0.39, 0.29) is 16.4 Å². The highest BCUT2D eigenvalue weighted by Crippen LogP contribution is 2.43. The van der Waals surface area contributed by atoms with E-state index in [1.165, 1.54) is 11.0 Å². The highest BCUT2D eigenvalue weighted by atomic mass is 32.2. The van der Waals surface area contributed by atoms with Crippen LogP contribution in [0.25, 0.3) is 32.6 Å². The van der Waals surface area contributed by atoms with E-state index in [0.29, 0.717) is 38.1 Å². The van der Waals surface area contributed by atoms with Crippen molar-refractivity contribution in [3.8, 4) is 0 Å². The van der Waals surface area contributed by atoms with Crippen LogP contribution in [0.4, 0.5) is 0 Å². The topological polar surface area (TPSA) is 76.5 Å². The molecule has 0 N–H and O–H groups in total. The number of para-hydroxylation sites is 1. The molecular weight excluding hydrogens is 424 g/mol. The van der Waals surface area contributed by atoms with Crippen LogP contribution in [0, 0.1) is 0 Å². The molecule has 2 heterocycles. The first kappa shape index (κ1) is 18.8. The smallest absolute Gasteiger partial charge is 0.268 e. The van der Waals surface area contributed by atoms with Crippen LogP contribution in [0.15, 0.2) is 83.8 Å². The number of hydrogen-bond acceptors (Lipinski definition) is 4. The predicted octanol–water partition coefficient (Wildman–Crippen LogP) is 4.41. The summed E-state index contributed by atoms with van der Waals surface area (Å²) in [6.45, 7) is 0. The second-order valence-electron chi connectivity index (χ2n) is 7.79. The summed E-state index contributed by atoms with van der Waals surface area (Å²) in [6.07, 6.45) is 0. The largest absolute Gasteiger partial charge is 0.277 e. The first-order valence-electron chi connectivity index (χ1n) is 10.0. The molecule has 4 aromatic carbocycles. The maximum atomic E-state index is 13.9. The van der Waals surface area contributed by atoms with Crippen molar-refractivity contribution in [3.63, 3.8) is 0 Å². The van der Waals surface area contributed by atoms with E-state index in [4.69, 9.17) is 0 Å². The van der Waals surface area contributed by atoms with Gasteiger partial charge in [0.05, 0.1) is 27.1 Å². The highest BCUT2D eigenvalue weighted by Gasteiger charge is 2.39. The van der Waals surface area contributed by atoms with Gasteiger partial charge in [-0.2, -0.15) is 0 Å². The standard InChI is InChI=1S/C25H16N2O4S/c1-26-24(28)21-16-11-5-6-12-17(16)23-20(22(21)25(26)29)18-13-7-8-14-19(18)27(23)32(30,31)15-9-3-2-4-10-15/h2-14H,1H3. The van der Waals surface area contributed by atoms with E-state index in [9.17, 15) is 18.0 Å². The highest BCUT2D eigenvalue weighted by molar-refractivity contribution is 7.90. The zero-order valence-corrected chi connectivity index (χ0v) is 17.8. The summed E-state index contributed by atoms with van der Waals surface area (Å²) < 4.78 is 29.1. The molecule has 0 bridgehead atoms. The van der Waals surface area contributed by atoms with Gasteiger partial charge in [0.15, 0.2) is 0 Å². The first-order chi connectivity index (χ1) is 15.4. The molecule has 156 valence electrons. The van der Waals surface area contributed by atoms with Crippen LogP contribution in [0.5, 0.6) is 0 Å². The third kappa shape index (κ3) is 2.20. The summed E-state index contributed by atoms with van der Waals surface area (Å²) in [5, 5.41) is 2.26. The predicted molar refractivity (Wildman–Crippen MR) is 122 cm³/mol. The molecule has 0 radical (unpaired) electrons. The van der Waals surface area contributed by atoms with Crippen LogP contribution >= 0.6 is 0 Å². The molecule has 0 spiro atoms. The molecule has 0 unspecified atom stereocenters. The number of benzene rings is 4. The molecule has 0 fully saturated rings. The summed E-state index contributed by atoms with van der Waals surface area (Å²) in [4.78, 5) is 27.4. The molecule has 0 aliphatic carbocycles. The van der Waals surface area contributed by atoms with Gasteiger partial charge in [0, 0.05) is 23.2 Å². The number of nitrogens with zero attached hydrogens (tertiary/aromatic N) is 2. The summed E-state index contributed by atoms with van der Waals surface area (Å²) in [5.74, 6) is -0.813. The average Bonchev–Trinajstić information content (AvgIpc) is 3.28. The van der Waals surface area contributed by atoms with Gasteiger partial charge >= 0.3 is 0 Å². The SMILES string of the molecule is CN1C(=O)c2c(c3c4ccccc4n(S(=O)(=O)c4ccccc4)c3c3ccccc23)C1=O. The molecule has 1 aliphatic heterocycles. The quantitative estimate of drug-likeness (QED) is 0.381. The Kier molecular flexibility index (Phi) is 3.68. The van der Waals surface area contributed by atoms with E-state index in [0.717, 1.165) is 4.90 Å². The number of aromatic nitrogens is 1. The third-order valence-electron chi connectivity index (χ3n) is 6.10. The lowest BCUT2D eigenvalue weighted by atomic mass is 9.95. The number of amides is 2. The van der Waals surface area contributed by atoms with Gasteiger partial charge in [-0.15, -0.1) is 0 Å². The Hall–Kier alpha value is -3.97. The molecule has 6 rings (SSSR count). The van der Waals surface area contributed by atoms with Crippen molar-refractivity contribution < 1.29 is 18.0 Å². The molecular formula is C25H16N2O4S. The minimum atomic E-state index is -4.00. The lowest BCUT2D eigenvalue weighted by Crippen LogP contribution is -2.24. The molecule has 1 aromatic heterocycles. The lowest BCUT2D eigenvalue weighted by molar-refractivity contribution is 0.0694. The molecule has 2 amide bonds. The molecule has 0 atom stereocenters. The fourth-order valence-electron chi connectivity index (χ4n) is 4.69. The Morgan fingerprint density at radius 1 is 0.656 bits per heavy atom. The molecule has 7 heteroatoms. The fourth-order valence-corrected chi connectivity index (χ4v) is 6.25. The van der Waals surface area contributed by atoms with Crippen LogP contribution < -0.4 is 0 Å². The minimum absolute atomic E-state index is 0.145. The number of carbonyl (C=O) groups is 2. The molecule has 1 aliphatic rings. The Bertz CT molecular complexity index is 1730. The van der Waals surface area contributed by atoms with Crippen LogP contribution in [-0.2, 0) is 10.0 Å². The normalized spacial score (nSPS) is 14.1. The summed E-state index contributed by atoms with van der Waals surface area (Å²) in [6, 6.07) is 22.4. The van der Waals surface area contributed by atoms with Gasteiger partial charge in [0.1, 0.15) is 0 Å². The average molecular weight is 440 g/mol. The zero-order chi connectivity index (χ0) is 22.2.